The Morgan fingerprint density at radius 2 is 1.88 bits per heavy atom. The van der Waals surface area contributed by atoms with E-state index in [1.807, 2.05) is 26.0 Å². The summed E-state index contributed by atoms with van der Waals surface area (Å²) in [4.78, 5) is 29.8. The highest BCUT2D eigenvalue weighted by Crippen LogP contribution is 2.44. The fourth-order valence-electron chi connectivity index (χ4n) is 4.92. The minimum atomic E-state index is -0.139. The van der Waals surface area contributed by atoms with Gasteiger partial charge in [-0.05, 0) is 61.6 Å². The van der Waals surface area contributed by atoms with Crippen LogP contribution in [-0.4, -0.2) is 49.6 Å². The molecule has 6 nitrogen and oxygen atoms in total. The summed E-state index contributed by atoms with van der Waals surface area (Å²) < 4.78 is 5.39. The number of ether oxygens (including phenoxy) is 1. The van der Waals surface area contributed by atoms with Gasteiger partial charge in [-0.1, -0.05) is 38.5 Å². The Kier molecular flexibility index (Phi) is 7.45. The lowest BCUT2D eigenvalue weighted by Crippen LogP contribution is -2.41. The van der Waals surface area contributed by atoms with Gasteiger partial charge in [0.1, 0.15) is 5.00 Å². The number of hydrogen-bond donors (Lipinski definition) is 2. The van der Waals surface area contributed by atoms with Gasteiger partial charge >= 0.3 is 0 Å². The third-order valence-electron chi connectivity index (χ3n) is 7.07. The van der Waals surface area contributed by atoms with Crippen molar-refractivity contribution in [2.75, 3.05) is 43.5 Å². The number of carbonyl (C=O) groups excluding carboxylic acids is 2. The number of carbonyl (C=O) groups is 2. The van der Waals surface area contributed by atoms with Gasteiger partial charge in [0, 0.05) is 23.7 Å². The first kappa shape index (κ1) is 24.9. The molecule has 1 saturated heterocycles. The van der Waals surface area contributed by atoms with E-state index in [0.717, 1.165) is 54.7 Å². The van der Waals surface area contributed by atoms with Crippen LogP contribution >= 0.6 is 11.3 Å². The second kappa shape index (κ2) is 10.2. The van der Waals surface area contributed by atoms with Crippen LogP contribution in [0.1, 0.15) is 59.1 Å². The first-order chi connectivity index (χ1) is 16.1. The highest BCUT2D eigenvalue weighted by molar-refractivity contribution is 7.17. The third-order valence-corrected chi connectivity index (χ3v) is 8.24. The molecule has 1 aromatic carbocycles. The summed E-state index contributed by atoms with van der Waals surface area (Å²) >= 11 is 1.58. The fourth-order valence-corrected chi connectivity index (χ4v) is 6.26. The van der Waals surface area contributed by atoms with Crippen LogP contribution in [0, 0.1) is 25.2 Å². The van der Waals surface area contributed by atoms with Gasteiger partial charge in [0.25, 0.3) is 5.91 Å². The first-order valence-electron chi connectivity index (χ1n) is 12.2. The average Bonchev–Trinajstić information content (AvgIpc) is 3.12. The second-order valence-electron chi connectivity index (χ2n) is 10.7. The molecule has 4 rings (SSSR count). The molecule has 0 saturated carbocycles. The molecule has 0 spiro atoms. The summed E-state index contributed by atoms with van der Waals surface area (Å²) in [6.45, 7) is 14.0. The number of morpholine rings is 1. The molecule has 1 aromatic heterocycles. The SMILES string of the molecule is Cc1ccc(NC(=O)c2c(NC(=O)CN3CCOCC3)sc3c2CC[C@H](C(C)(C)C)C3)c(C)c1. The van der Waals surface area contributed by atoms with Gasteiger partial charge in [0.2, 0.25) is 5.91 Å². The number of aryl methyl sites for hydroxylation is 2. The topological polar surface area (TPSA) is 70.7 Å². The Hall–Kier alpha value is -2.22. The standard InChI is InChI=1S/C27H37N3O3S/c1-17-6-9-21(18(2)14-17)28-25(32)24-20-8-7-19(27(3,4)5)15-22(20)34-26(24)29-23(31)16-30-10-12-33-13-11-30/h6,9,14,19H,7-8,10-13,15-16H2,1-5H3,(H,28,32)(H,29,31)/t19-/m0/s1. The summed E-state index contributed by atoms with van der Waals surface area (Å²) in [5, 5.41) is 6.89. The number of benzene rings is 1. The molecule has 2 aliphatic rings. The average molecular weight is 484 g/mol. The van der Waals surface area contributed by atoms with Crippen molar-refractivity contribution in [3.05, 3.63) is 45.3 Å². The summed E-state index contributed by atoms with van der Waals surface area (Å²) in [7, 11) is 0. The number of thiophene rings is 1. The summed E-state index contributed by atoms with van der Waals surface area (Å²) in [6, 6.07) is 6.02. The van der Waals surface area contributed by atoms with Gasteiger partial charge in [0.05, 0.1) is 25.3 Å². The van der Waals surface area contributed by atoms with Crippen molar-refractivity contribution >= 4 is 33.8 Å². The van der Waals surface area contributed by atoms with Gasteiger partial charge in [-0.15, -0.1) is 11.3 Å². The molecule has 7 heteroatoms. The van der Waals surface area contributed by atoms with E-state index < -0.39 is 0 Å². The van der Waals surface area contributed by atoms with E-state index in [4.69, 9.17) is 4.74 Å². The minimum Gasteiger partial charge on any atom is -0.379 e. The second-order valence-corrected chi connectivity index (χ2v) is 11.8. The van der Waals surface area contributed by atoms with Crippen LogP contribution in [0.4, 0.5) is 10.7 Å². The summed E-state index contributed by atoms with van der Waals surface area (Å²) in [5.74, 6) is 0.347. The zero-order valence-corrected chi connectivity index (χ0v) is 21.9. The Labute approximate surface area is 207 Å². The fraction of sp³-hybridized carbons (Fsp3) is 0.556. The number of nitrogens with zero attached hydrogens (tertiary/aromatic N) is 1. The van der Waals surface area contributed by atoms with Crippen molar-refractivity contribution in [1.29, 1.82) is 0 Å². The van der Waals surface area contributed by atoms with Gasteiger partial charge < -0.3 is 15.4 Å². The van der Waals surface area contributed by atoms with Crippen LogP contribution in [-0.2, 0) is 22.4 Å². The smallest absolute Gasteiger partial charge is 0.258 e. The molecule has 0 bridgehead atoms. The third kappa shape index (κ3) is 5.70. The Bertz CT molecular complexity index is 1060. The van der Waals surface area contributed by atoms with E-state index in [0.29, 0.717) is 36.2 Å². The van der Waals surface area contributed by atoms with E-state index in [-0.39, 0.29) is 17.2 Å². The first-order valence-corrected chi connectivity index (χ1v) is 13.1. The van der Waals surface area contributed by atoms with Crippen molar-refractivity contribution in [2.45, 2.75) is 53.9 Å². The molecule has 184 valence electrons. The molecule has 0 radical (unpaired) electrons. The molecule has 2 heterocycles. The molecule has 1 fully saturated rings. The number of rotatable bonds is 5. The lowest BCUT2D eigenvalue weighted by Gasteiger charge is -2.33. The van der Waals surface area contributed by atoms with E-state index in [2.05, 4.69) is 42.4 Å². The molecule has 0 unspecified atom stereocenters. The number of hydrogen-bond acceptors (Lipinski definition) is 5. The van der Waals surface area contributed by atoms with Crippen molar-refractivity contribution in [2.24, 2.45) is 11.3 Å². The van der Waals surface area contributed by atoms with Crippen LogP contribution in [0.25, 0.3) is 0 Å². The normalized spacial score (nSPS) is 18.9. The van der Waals surface area contributed by atoms with Crippen molar-refractivity contribution in [3.63, 3.8) is 0 Å². The number of fused-ring (bicyclic) bond motifs is 1. The summed E-state index contributed by atoms with van der Waals surface area (Å²) in [5.41, 5.74) is 4.96. The molecule has 2 amide bonds. The molecular weight excluding hydrogens is 446 g/mol. The van der Waals surface area contributed by atoms with Crippen molar-refractivity contribution in [1.82, 2.24) is 4.90 Å². The van der Waals surface area contributed by atoms with Gasteiger partial charge in [0.15, 0.2) is 0 Å². The summed E-state index contributed by atoms with van der Waals surface area (Å²) in [6.07, 6.45) is 2.87. The molecule has 1 aliphatic carbocycles. The maximum absolute atomic E-state index is 13.6. The highest BCUT2D eigenvalue weighted by atomic mass is 32.1. The maximum Gasteiger partial charge on any atom is 0.258 e. The number of amides is 2. The van der Waals surface area contributed by atoms with Crippen molar-refractivity contribution in [3.8, 4) is 0 Å². The van der Waals surface area contributed by atoms with E-state index in [9.17, 15) is 9.59 Å². The van der Waals surface area contributed by atoms with E-state index in [1.165, 1.54) is 4.88 Å². The van der Waals surface area contributed by atoms with Crippen LogP contribution in [0.2, 0.25) is 0 Å². The van der Waals surface area contributed by atoms with Crippen LogP contribution in [0.3, 0.4) is 0 Å². The Balaban J connectivity index is 1.60. The number of nitrogens with one attached hydrogen (secondary N) is 2. The molecule has 2 N–H and O–H groups in total. The Morgan fingerprint density at radius 1 is 1.15 bits per heavy atom. The van der Waals surface area contributed by atoms with E-state index >= 15 is 0 Å². The number of anilines is 2. The molecule has 2 aromatic rings. The van der Waals surface area contributed by atoms with Crippen molar-refractivity contribution < 1.29 is 14.3 Å². The van der Waals surface area contributed by atoms with Gasteiger partial charge in [-0.3, -0.25) is 14.5 Å². The molecule has 1 aliphatic heterocycles. The van der Waals surface area contributed by atoms with Crippen LogP contribution < -0.4 is 10.6 Å². The van der Waals surface area contributed by atoms with Gasteiger partial charge in [-0.2, -0.15) is 0 Å². The minimum absolute atomic E-state index is 0.0755. The van der Waals surface area contributed by atoms with Crippen LogP contribution in [0.5, 0.6) is 0 Å². The molecule has 34 heavy (non-hydrogen) atoms. The molecular formula is C27H37N3O3S. The lowest BCUT2D eigenvalue weighted by molar-refractivity contribution is -0.118. The largest absolute Gasteiger partial charge is 0.379 e. The highest BCUT2D eigenvalue weighted by Gasteiger charge is 2.34. The Morgan fingerprint density at radius 3 is 2.56 bits per heavy atom. The predicted octanol–water partition coefficient (Wildman–Crippen LogP) is 5.04. The maximum atomic E-state index is 13.6. The zero-order valence-electron chi connectivity index (χ0n) is 21.0. The van der Waals surface area contributed by atoms with E-state index in [1.54, 1.807) is 11.3 Å². The van der Waals surface area contributed by atoms with Crippen LogP contribution in [0.15, 0.2) is 18.2 Å². The monoisotopic (exact) mass is 483 g/mol. The molecule has 1 atom stereocenters. The lowest BCUT2D eigenvalue weighted by atomic mass is 9.72. The quantitative estimate of drug-likeness (QED) is 0.625. The van der Waals surface area contributed by atoms with Gasteiger partial charge in [-0.25, -0.2) is 0 Å². The zero-order chi connectivity index (χ0) is 24.5. The predicted molar refractivity (Wildman–Crippen MR) is 139 cm³/mol.